The number of hydrogen-bond donors (Lipinski definition) is 1. The Morgan fingerprint density at radius 3 is 2.21 bits per heavy atom. The van der Waals surface area contributed by atoms with E-state index in [-0.39, 0.29) is 36.6 Å². The molecule has 0 aliphatic carbocycles. The topological polar surface area (TPSA) is 86.8 Å². The van der Waals surface area contributed by atoms with E-state index in [0.29, 0.717) is 30.6 Å². The van der Waals surface area contributed by atoms with Gasteiger partial charge in [-0.25, -0.2) is 0 Å². The molecule has 4 amide bonds. The van der Waals surface area contributed by atoms with E-state index < -0.39 is 6.04 Å². The van der Waals surface area contributed by atoms with Crippen molar-refractivity contribution in [3.8, 4) is 0 Å². The number of unbranched alkanes of at least 4 members (excludes halogenated alkanes) is 1. The van der Waals surface area contributed by atoms with Crippen molar-refractivity contribution in [2.75, 3.05) is 13.1 Å². The Morgan fingerprint density at radius 1 is 0.971 bits per heavy atom. The fraction of sp³-hybridized carbons (Fsp3) is 0.407. The molecule has 0 bridgehead atoms. The lowest BCUT2D eigenvalue weighted by Gasteiger charge is -2.29. The average Bonchev–Trinajstić information content (AvgIpc) is 3.08. The number of nitrogens with zero attached hydrogens (tertiary/aromatic N) is 2. The van der Waals surface area contributed by atoms with Crippen molar-refractivity contribution in [3.05, 3.63) is 70.8 Å². The smallest absolute Gasteiger partial charge is 0.261 e. The maximum absolute atomic E-state index is 13.2. The van der Waals surface area contributed by atoms with Gasteiger partial charge in [0.2, 0.25) is 11.8 Å². The number of hydrogen-bond acceptors (Lipinski definition) is 4. The van der Waals surface area contributed by atoms with Crippen LogP contribution >= 0.6 is 0 Å². The first kappa shape index (κ1) is 25.1. The zero-order valence-electron chi connectivity index (χ0n) is 20.2. The fourth-order valence-electron chi connectivity index (χ4n) is 4.06. The second kappa shape index (κ2) is 11.6. The molecule has 1 atom stereocenters. The summed E-state index contributed by atoms with van der Waals surface area (Å²) in [6.45, 7) is 6.83. The Bertz CT molecular complexity index is 1030. The lowest BCUT2D eigenvalue weighted by Crippen LogP contribution is -2.48. The highest BCUT2D eigenvalue weighted by Gasteiger charge is 2.35. The fourth-order valence-corrected chi connectivity index (χ4v) is 4.06. The van der Waals surface area contributed by atoms with Gasteiger partial charge in [0.1, 0.15) is 6.04 Å². The van der Waals surface area contributed by atoms with Crippen LogP contribution in [-0.4, -0.2) is 52.6 Å². The van der Waals surface area contributed by atoms with Crippen molar-refractivity contribution in [2.45, 2.75) is 59.0 Å². The monoisotopic (exact) mass is 463 g/mol. The Labute approximate surface area is 201 Å². The number of aryl methyl sites for hydroxylation is 1. The minimum absolute atomic E-state index is 0.131. The first-order chi connectivity index (χ1) is 16.3. The Morgan fingerprint density at radius 2 is 1.59 bits per heavy atom. The molecule has 7 heteroatoms. The van der Waals surface area contributed by atoms with Gasteiger partial charge >= 0.3 is 0 Å². The minimum Gasteiger partial charge on any atom is -0.354 e. The van der Waals surface area contributed by atoms with Gasteiger partial charge in [0.15, 0.2) is 0 Å². The maximum atomic E-state index is 13.2. The summed E-state index contributed by atoms with van der Waals surface area (Å²) in [4.78, 5) is 53.9. The molecular weight excluding hydrogens is 430 g/mol. The SMILES string of the molecule is CCCCNC(=O)C(C)N(Cc1ccccc1C)C(=O)CCCN1C(=O)c2ccccc2C1=O. The second-order valence-corrected chi connectivity index (χ2v) is 8.68. The molecule has 0 radical (unpaired) electrons. The molecule has 1 unspecified atom stereocenters. The minimum atomic E-state index is -0.636. The van der Waals surface area contributed by atoms with E-state index in [1.54, 1.807) is 36.1 Å². The molecule has 0 saturated carbocycles. The summed E-state index contributed by atoms with van der Waals surface area (Å²) in [7, 11) is 0. The normalized spacial score (nSPS) is 13.6. The predicted molar refractivity (Wildman–Crippen MR) is 130 cm³/mol. The van der Waals surface area contributed by atoms with Crippen LogP contribution in [0.5, 0.6) is 0 Å². The molecule has 1 heterocycles. The van der Waals surface area contributed by atoms with Gasteiger partial charge in [-0.1, -0.05) is 49.7 Å². The Hall–Kier alpha value is -3.48. The van der Waals surface area contributed by atoms with Gasteiger partial charge in [-0.3, -0.25) is 24.1 Å². The largest absolute Gasteiger partial charge is 0.354 e. The molecule has 1 aliphatic heterocycles. The molecule has 2 aromatic rings. The molecule has 0 aromatic heterocycles. The summed E-state index contributed by atoms with van der Waals surface area (Å²) in [5.74, 6) is -1.02. The number of imide groups is 1. The van der Waals surface area contributed by atoms with Crippen molar-refractivity contribution in [2.24, 2.45) is 0 Å². The number of nitrogens with one attached hydrogen (secondary N) is 1. The van der Waals surface area contributed by atoms with Crippen LogP contribution in [0.4, 0.5) is 0 Å². The highest BCUT2D eigenvalue weighted by Crippen LogP contribution is 2.23. The summed E-state index contributed by atoms with van der Waals surface area (Å²) < 4.78 is 0. The molecule has 0 fully saturated rings. The molecule has 3 rings (SSSR count). The van der Waals surface area contributed by atoms with Crippen LogP contribution in [0.2, 0.25) is 0 Å². The van der Waals surface area contributed by atoms with Crippen molar-refractivity contribution in [1.82, 2.24) is 15.1 Å². The van der Waals surface area contributed by atoms with Gasteiger partial charge in [0.25, 0.3) is 11.8 Å². The van der Waals surface area contributed by atoms with Crippen LogP contribution in [0.15, 0.2) is 48.5 Å². The molecule has 34 heavy (non-hydrogen) atoms. The third-order valence-corrected chi connectivity index (χ3v) is 6.25. The zero-order chi connectivity index (χ0) is 24.7. The maximum Gasteiger partial charge on any atom is 0.261 e. The van der Waals surface area contributed by atoms with E-state index >= 15 is 0 Å². The highest BCUT2D eigenvalue weighted by molar-refractivity contribution is 6.21. The van der Waals surface area contributed by atoms with Gasteiger partial charge < -0.3 is 10.2 Å². The molecule has 2 aromatic carbocycles. The second-order valence-electron chi connectivity index (χ2n) is 8.68. The van der Waals surface area contributed by atoms with E-state index in [0.717, 1.165) is 24.0 Å². The van der Waals surface area contributed by atoms with Crippen molar-refractivity contribution in [1.29, 1.82) is 0 Å². The molecule has 1 aliphatic rings. The standard InChI is InChI=1S/C27H33N3O4/c1-4-5-16-28-25(32)20(3)30(18-21-12-7-6-11-19(21)2)24(31)15-10-17-29-26(33)22-13-8-9-14-23(22)27(29)34/h6-9,11-14,20H,4-5,10,15-18H2,1-3H3,(H,28,32). The molecular formula is C27H33N3O4. The number of amides is 4. The number of fused-ring (bicyclic) bond motifs is 1. The van der Waals surface area contributed by atoms with Gasteiger partial charge in [-0.15, -0.1) is 0 Å². The quantitative estimate of drug-likeness (QED) is 0.407. The van der Waals surface area contributed by atoms with Crippen molar-refractivity contribution in [3.63, 3.8) is 0 Å². The van der Waals surface area contributed by atoms with Crippen molar-refractivity contribution < 1.29 is 19.2 Å². The van der Waals surface area contributed by atoms with Crippen LogP contribution < -0.4 is 5.32 Å². The summed E-state index contributed by atoms with van der Waals surface area (Å²) in [5, 5.41) is 2.91. The summed E-state index contributed by atoms with van der Waals surface area (Å²) in [6, 6.07) is 13.9. The van der Waals surface area contributed by atoms with Gasteiger partial charge in [-0.05, 0) is 49.9 Å². The number of rotatable bonds is 11. The Balaban J connectivity index is 1.66. The number of carbonyl (C=O) groups excluding carboxylic acids is 4. The third-order valence-electron chi connectivity index (χ3n) is 6.25. The third kappa shape index (κ3) is 5.71. The van der Waals surface area contributed by atoms with E-state index in [1.165, 1.54) is 4.90 Å². The van der Waals surface area contributed by atoms with E-state index in [9.17, 15) is 19.2 Å². The van der Waals surface area contributed by atoms with Crippen molar-refractivity contribution >= 4 is 23.6 Å². The summed E-state index contributed by atoms with van der Waals surface area (Å²) in [6.07, 6.45) is 2.31. The molecule has 180 valence electrons. The van der Waals surface area contributed by atoms with E-state index in [1.807, 2.05) is 31.2 Å². The molecule has 0 saturated heterocycles. The van der Waals surface area contributed by atoms with E-state index in [2.05, 4.69) is 12.2 Å². The number of benzene rings is 2. The first-order valence-corrected chi connectivity index (χ1v) is 11.9. The van der Waals surface area contributed by atoms with E-state index in [4.69, 9.17) is 0 Å². The van der Waals surface area contributed by atoms with Gasteiger partial charge in [0.05, 0.1) is 11.1 Å². The summed E-state index contributed by atoms with van der Waals surface area (Å²) >= 11 is 0. The molecule has 7 nitrogen and oxygen atoms in total. The van der Waals surface area contributed by atoms with Gasteiger partial charge in [-0.2, -0.15) is 0 Å². The number of carbonyl (C=O) groups is 4. The summed E-state index contributed by atoms with van der Waals surface area (Å²) in [5.41, 5.74) is 2.82. The van der Waals surface area contributed by atoms with Crippen LogP contribution in [0.25, 0.3) is 0 Å². The lowest BCUT2D eigenvalue weighted by atomic mass is 10.1. The zero-order valence-corrected chi connectivity index (χ0v) is 20.2. The van der Waals surface area contributed by atoms with Crippen LogP contribution in [-0.2, 0) is 16.1 Å². The lowest BCUT2D eigenvalue weighted by molar-refractivity contribution is -0.140. The highest BCUT2D eigenvalue weighted by atomic mass is 16.2. The Kier molecular flexibility index (Phi) is 8.57. The molecule has 0 spiro atoms. The van der Waals surface area contributed by atoms with Gasteiger partial charge in [0, 0.05) is 26.1 Å². The first-order valence-electron chi connectivity index (χ1n) is 11.9. The van der Waals surface area contributed by atoms with Crippen LogP contribution in [0.1, 0.15) is 71.4 Å². The predicted octanol–water partition coefficient (Wildman–Crippen LogP) is 3.70. The average molecular weight is 464 g/mol. The molecule has 1 N–H and O–H groups in total. The van der Waals surface area contributed by atoms with Crippen LogP contribution in [0.3, 0.4) is 0 Å². The van der Waals surface area contributed by atoms with Crippen LogP contribution in [0, 0.1) is 6.92 Å².